The van der Waals surface area contributed by atoms with Crippen LogP contribution in [0.3, 0.4) is 0 Å². The van der Waals surface area contributed by atoms with Crippen LogP contribution in [0.2, 0.25) is 5.02 Å². The van der Waals surface area contributed by atoms with Gasteiger partial charge in [-0.1, -0.05) is 29.8 Å². The molecule has 1 unspecified atom stereocenters. The van der Waals surface area contributed by atoms with Crippen LogP contribution in [0.4, 0.5) is 4.79 Å². The number of nitrogens with zero attached hydrogens (tertiary/aromatic N) is 1. The van der Waals surface area contributed by atoms with E-state index in [1.165, 1.54) is 0 Å². The minimum atomic E-state index is -0.530. The van der Waals surface area contributed by atoms with Crippen molar-refractivity contribution in [3.8, 4) is 0 Å². The van der Waals surface area contributed by atoms with Gasteiger partial charge in [0.15, 0.2) is 0 Å². The van der Waals surface area contributed by atoms with Crippen molar-refractivity contribution in [1.82, 2.24) is 15.5 Å². The van der Waals surface area contributed by atoms with Gasteiger partial charge in [-0.2, -0.15) is 0 Å². The fourth-order valence-electron chi connectivity index (χ4n) is 2.78. The number of hydrogen-bond donors (Lipinski definition) is 3. The number of nitrogens with two attached hydrogens (primary N) is 1. The van der Waals surface area contributed by atoms with E-state index in [1.807, 2.05) is 29.2 Å². The van der Waals surface area contributed by atoms with Gasteiger partial charge in [0, 0.05) is 37.6 Å². The van der Waals surface area contributed by atoms with Crippen molar-refractivity contribution in [2.75, 3.05) is 26.2 Å². The van der Waals surface area contributed by atoms with Crippen molar-refractivity contribution >= 4 is 23.5 Å². The molecule has 1 aliphatic heterocycles. The number of primary amides is 1. The Morgan fingerprint density at radius 2 is 2.13 bits per heavy atom. The van der Waals surface area contributed by atoms with Crippen molar-refractivity contribution < 1.29 is 9.59 Å². The molecule has 2 rings (SSSR count). The second-order valence-corrected chi connectivity index (χ2v) is 5.98. The topological polar surface area (TPSA) is 87.5 Å². The highest BCUT2D eigenvalue weighted by Gasteiger charge is 2.28. The molecular weight excluding hydrogens is 316 g/mol. The van der Waals surface area contributed by atoms with Crippen LogP contribution in [0.5, 0.6) is 0 Å². The van der Waals surface area contributed by atoms with E-state index in [0.717, 1.165) is 24.9 Å². The molecule has 0 saturated carbocycles. The predicted octanol–water partition coefficient (Wildman–Crippen LogP) is 1.65. The minimum absolute atomic E-state index is 0.0336. The summed E-state index contributed by atoms with van der Waals surface area (Å²) in [7, 11) is 0. The second-order valence-electron chi connectivity index (χ2n) is 5.58. The number of halogens is 1. The number of hydrogen-bond acceptors (Lipinski definition) is 3. The largest absolute Gasteiger partial charge is 0.352 e. The molecule has 1 heterocycles. The number of rotatable bonds is 6. The first-order valence-corrected chi connectivity index (χ1v) is 8.25. The molecule has 23 heavy (non-hydrogen) atoms. The molecule has 1 aliphatic rings. The Morgan fingerprint density at radius 1 is 1.35 bits per heavy atom. The maximum Gasteiger partial charge on any atom is 0.312 e. The molecule has 0 radical (unpaired) electrons. The summed E-state index contributed by atoms with van der Waals surface area (Å²) < 4.78 is 0. The number of benzene rings is 1. The molecule has 0 aliphatic carbocycles. The van der Waals surface area contributed by atoms with Crippen LogP contribution in [-0.4, -0.2) is 43.0 Å². The van der Waals surface area contributed by atoms with Gasteiger partial charge in [-0.05, 0) is 24.5 Å². The summed E-state index contributed by atoms with van der Waals surface area (Å²) in [6.45, 7) is 2.67. The zero-order valence-corrected chi connectivity index (χ0v) is 13.8. The van der Waals surface area contributed by atoms with Crippen molar-refractivity contribution in [1.29, 1.82) is 0 Å². The Kier molecular flexibility index (Phi) is 6.67. The Balaban J connectivity index is 1.91. The van der Waals surface area contributed by atoms with E-state index in [9.17, 15) is 9.59 Å². The third-order valence-corrected chi connectivity index (χ3v) is 4.29. The molecule has 6 nitrogen and oxygen atoms in total. The summed E-state index contributed by atoms with van der Waals surface area (Å²) in [6, 6.07) is 7.08. The third kappa shape index (κ3) is 5.11. The molecule has 1 aromatic carbocycles. The van der Waals surface area contributed by atoms with Crippen LogP contribution >= 0.6 is 11.6 Å². The van der Waals surface area contributed by atoms with Gasteiger partial charge in [-0.25, -0.2) is 4.79 Å². The lowest BCUT2D eigenvalue weighted by Gasteiger charge is -2.37. The van der Waals surface area contributed by atoms with E-state index in [4.69, 9.17) is 17.3 Å². The average molecular weight is 339 g/mol. The lowest BCUT2D eigenvalue weighted by atomic mass is 10.0. The maximum atomic E-state index is 12.5. The zero-order chi connectivity index (χ0) is 16.7. The van der Waals surface area contributed by atoms with Crippen LogP contribution in [-0.2, 0) is 4.79 Å². The fourth-order valence-corrected chi connectivity index (χ4v) is 3.04. The van der Waals surface area contributed by atoms with E-state index in [1.54, 1.807) is 0 Å². The highest BCUT2D eigenvalue weighted by Crippen LogP contribution is 2.29. The van der Waals surface area contributed by atoms with Gasteiger partial charge in [-0.3, -0.25) is 4.79 Å². The van der Waals surface area contributed by atoms with Crippen LogP contribution in [0, 0.1) is 0 Å². The number of unbranched alkanes of at least 4 members (excludes halogenated alkanes) is 1. The molecule has 1 fully saturated rings. The first kappa shape index (κ1) is 17.6. The molecule has 1 aromatic rings. The molecule has 0 spiro atoms. The Bertz CT molecular complexity index is 553. The SMILES string of the molecule is NC(=O)NCCCCC(=O)N1CCNCC1c1ccccc1Cl. The van der Waals surface area contributed by atoms with Gasteiger partial charge in [-0.15, -0.1) is 0 Å². The first-order valence-electron chi connectivity index (χ1n) is 7.87. The van der Waals surface area contributed by atoms with Crippen molar-refractivity contribution in [3.05, 3.63) is 34.9 Å². The Hall–Kier alpha value is -1.79. The standard InChI is InChI=1S/C16H23ClN4O2/c17-13-6-2-1-5-12(13)14-11-19-9-10-21(14)15(22)7-3-4-8-20-16(18)23/h1-2,5-6,14,19H,3-4,7-11H2,(H3,18,20,23). The second kappa shape index (κ2) is 8.74. The highest BCUT2D eigenvalue weighted by molar-refractivity contribution is 6.31. The summed E-state index contributed by atoms with van der Waals surface area (Å²) >= 11 is 6.29. The molecule has 0 bridgehead atoms. The number of piperazine rings is 1. The lowest BCUT2D eigenvalue weighted by Crippen LogP contribution is -2.48. The molecule has 3 amide bonds. The lowest BCUT2D eigenvalue weighted by molar-refractivity contribution is -0.134. The first-order chi connectivity index (χ1) is 11.1. The number of urea groups is 1. The van der Waals surface area contributed by atoms with Gasteiger partial charge < -0.3 is 21.3 Å². The maximum absolute atomic E-state index is 12.5. The van der Waals surface area contributed by atoms with Gasteiger partial charge in [0.1, 0.15) is 0 Å². The van der Waals surface area contributed by atoms with E-state index in [2.05, 4.69) is 10.6 Å². The number of amides is 3. The van der Waals surface area contributed by atoms with Gasteiger partial charge in [0.05, 0.1) is 6.04 Å². The molecule has 126 valence electrons. The number of carbonyl (C=O) groups is 2. The molecule has 1 saturated heterocycles. The number of nitrogens with one attached hydrogen (secondary N) is 2. The van der Waals surface area contributed by atoms with Gasteiger partial charge >= 0.3 is 6.03 Å². The Morgan fingerprint density at radius 3 is 2.87 bits per heavy atom. The fraction of sp³-hybridized carbons (Fsp3) is 0.500. The normalized spacial score (nSPS) is 17.8. The Labute approximate surface area is 141 Å². The molecule has 0 aromatic heterocycles. The summed E-state index contributed by atoms with van der Waals surface area (Å²) in [5.74, 6) is 0.121. The van der Waals surface area contributed by atoms with Crippen LogP contribution < -0.4 is 16.4 Å². The zero-order valence-electron chi connectivity index (χ0n) is 13.1. The molecule has 7 heteroatoms. The quantitative estimate of drug-likeness (QED) is 0.689. The van der Waals surface area contributed by atoms with Crippen molar-refractivity contribution in [2.45, 2.75) is 25.3 Å². The van der Waals surface area contributed by atoms with E-state index in [-0.39, 0.29) is 11.9 Å². The predicted molar refractivity (Wildman–Crippen MR) is 90.2 cm³/mol. The van der Waals surface area contributed by atoms with Crippen LogP contribution in [0.15, 0.2) is 24.3 Å². The van der Waals surface area contributed by atoms with Gasteiger partial charge in [0.2, 0.25) is 5.91 Å². The molecule has 4 N–H and O–H groups in total. The molecule has 1 atom stereocenters. The minimum Gasteiger partial charge on any atom is -0.352 e. The van der Waals surface area contributed by atoms with Crippen molar-refractivity contribution in [3.63, 3.8) is 0 Å². The van der Waals surface area contributed by atoms with Crippen molar-refractivity contribution in [2.24, 2.45) is 5.73 Å². The van der Waals surface area contributed by atoms with Crippen LogP contribution in [0.1, 0.15) is 30.9 Å². The summed E-state index contributed by atoms with van der Waals surface area (Å²) in [5.41, 5.74) is 5.98. The monoisotopic (exact) mass is 338 g/mol. The van der Waals surface area contributed by atoms with E-state index < -0.39 is 6.03 Å². The van der Waals surface area contributed by atoms with Gasteiger partial charge in [0.25, 0.3) is 0 Å². The molecular formula is C16H23ClN4O2. The van der Waals surface area contributed by atoms with E-state index >= 15 is 0 Å². The summed E-state index contributed by atoms with van der Waals surface area (Å²) in [4.78, 5) is 25.0. The van der Waals surface area contributed by atoms with Crippen LogP contribution in [0.25, 0.3) is 0 Å². The number of carbonyl (C=O) groups excluding carboxylic acids is 2. The smallest absolute Gasteiger partial charge is 0.312 e. The summed E-state index contributed by atoms with van der Waals surface area (Å²) in [6.07, 6.45) is 1.91. The van der Waals surface area contributed by atoms with E-state index in [0.29, 0.717) is 31.1 Å². The summed E-state index contributed by atoms with van der Waals surface area (Å²) in [5, 5.41) is 6.53. The third-order valence-electron chi connectivity index (χ3n) is 3.94. The highest BCUT2D eigenvalue weighted by atomic mass is 35.5. The average Bonchev–Trinajstić information content (AvgIpc) is 2.54.